The van der Waals surface area contributed by atoms with Crippen molar-refractivity contribution in [1.29, 1.82) is 0 Å². The molecule has 1 heterocycles. The molecular weight excluding hydrogens is 219 g/mol. The third kappa shape index (κ3) is 2.42. The fourth-order valence-electron chi connectivity index (χ4n) is 2.49. The second-order valence-corrected chi connectivity index (χ2v) is 4.66. The molecule has 17 heavy (non-hydrogen) atoms. The Morgan fingerprint density at radius 3 is 3.00 bits per heavy atom. The Hall–Kier alpha value is -1.13. The molecule has 1 aromatic rings. The van der Waals surface area contributed by atoms with Gasteiger partial charge in [-0.05, 0) is 43.5 Å². The Labute approximate surface area is 101 Å². The van der Waals surface area contributed by atoms with Gasteiger partial charge in [0.25, 0.3) is 0 Å². The van der Waals surface area contributed by atoms with Crippen LogP contribution in [0.1, 0.15) is 31.4 Å². The van der Waals surface area contributed by atoms with Crippen molar-refractivity contribution >= 4 is 5.69 Å². The molecule has 1 aromatic carbocycles. The molecule has 0 bridgehead atoms. The lowest BCUT2D eigenvalue weighted by Gasteiger charge is -2.28. The monoisotopic (exact) mass is 238 g/mol. The van der Waals surface area contributed by atoms with Gasteiger partial charge in [-0.25, -0.2) is 4.39 Å². The highest BCUT2D eigenvalue weighted by molar-refractivity contribution is 5.56. The van der Waals surface area contributed by atoms with E-state index in [-0.39, 0.29) is 24.5 Å². The Kier molecular flexibility index (Phi) is 3.64. The zero-order chi connectivity index (χ0) is 12.4. The minimum absolute atomic E-state index is 0.135. The molecule has 0 amide bonds. The molecule has 0 saturated carbocycles. The lowest BCUT2D eigenvalue weighted by Crippen LogP contribution is -2.33. The highest BCUT2D eigenvalue weighted by Gasteiger charge is 2.26. The van der Waals surface area contributed by atoms with E-state index in [2.05, 4.69) is 4.90 Å². The van der Waals surface area contributed by atoms with Gasteiger partial charge in [0.15, 0.2) is 0 Å². The summed E-state index contributed by atoms with van der Waals surface area (Å²) in [6, 6.07) is 4.64. The van der Waals surface area contributed by atoms with Crippen LogP contribution in [0.15, 0.2) is 18.2 Å². The average Bonchev–Trinajstić information content (AvgIpc) is 2.76. The summed E-state index contributed by atoms with van der Waals surface area (Å²) < 4.78 is 13.3. The first kappa shape index (κ1) is 12.3. The molecule has 1 fully saturated rings. The molecular formula is C13H19FN2O. The number of benzene rings is 1. The summed E-state index contributed by atoms with van der Waals surface area (Å²) in [6.07, 6.45) is 2.03. The number of nitrogens with two attached hydrogens (primary N) is 1. The predicted molar refractivity (Wildman–Crippen MR) is 66.5 cm³/mol. The van der Waals surface area contributed by atoms with Crippen molar-refractivity contribution in [3.63, 3.8) is 0 Å². The fraction of sp³-hybridized carbons (Fsp3) is 0.538. The molecule has 1 saturated heterocycles. The molecule has 1 unspecified atom stereocenters. The molecule has 2 atom stereocenters. The lowest BCUT2D eigenvalue weighted by molar-refractivity contribution is 0.266. The Morgan fingerprint density at radius 2 is 2.35 bits per heavy atom. The van der Waals surface area contributed by atoms with Crippen molar-refractivity contribution in [2.75, 3.05) is 18.1 Å². The summed E-state index contributed by atoms with van der Waals surface area (Å²) in [7, 11) is 0. The van der Waals surface area contributed by atoms with Gasteiger partial charge in [-0.1, -0.05) is 0 Å². The van der Waals surface area contributed by atoms with E-state index < -0.39 is 0 Å². The summed E-state index contributed by atoms with van der Waals surface area (Å²) in [5.41, 5.74) is 7.65. The van der Waals surface area contributed by atoms with Crippen LogP contribution in [0.5, 0.6) is 0 Å². The number of anilines is 1. The summed E-state index contributed by atoms with van der Waals surface area (Å²) in [6.45, 7) is 2.88. The largest absolute Gasteiger partial charge is 0.394 e. The second-order valence-electron chi connectivity index (χ2n) is 4.66. The molecule has 1 aliphatic heterocycles. The van der Waals surface area contributed by atoms with Crippen LogP contribution in [0.2, 0.25) is 0 Å². The summed E-state index contributed by atoms with van der Waals surface area (Å²) in [4.78, 5) is 2.14. The standard InChI is InChI=1S/C13H19FN2O/c1-9(15)12-7-10(14)4-5-13(12)16-6-2-3-11(16)8-17/h4-5,7,9,11,17H,2-3,6,8,15H2,1H3/t9-,11?/m0/s1. The van der Waals surface area contributed by atoms with E-state index in [4.69, 9.17) is 5.73 Å². The smallest absolute Gasteiger partial charge is 0.123 e. The van der Waals surface area contributed by atoms with Crippen molar-refractivity contribution in [2.45, 2.75) is 31.8 Å². The van der Waals surface area contributed by atoms with E-state index in [9.17, 15) is 9.50 Å². The maximum atomic E-state index is 13.3. The van der Waals surface area contributed by atoms with Gasteiger partial charge in [0.05, 0.1) is 12.6 Å². The number of hydrogen-bond acceptors (Lipinski definition) is 3. The Balaban J connectivity index is 2.37. The number of aliphatic hydroxyl groups is 1. The number of halogens is 1. The molecule has 0 spiro atoms. The molecule has 3 nitrogen and oxygen atoms in total. The maximum absolute atomic E-state index is 13.3. The Bertz CT molecular complexity index is 395. The van der Waals surface area contributed by atoms with Gasteiger partial charge in [-0.2, -0.15) is 0 Å². The van der Waals surface area contributed by atoms with Crippen molar-refractivity contribution in [3.8, 4) is 0 Å². The van der Waals surface area contributed by atoms with E-state index in [0.717, 1.165) is 30.6 Å². The second kappa shape index (κ2) is 5.02. The van der Waals surface area contributed by atoms with Crippen LogP contribution in [-0.2, 0) is 0 Å². The van der Waals surface area contributed by atoms with Gasteiger partial charge in [0.1, 0.15) is 5.82 Å². The van der Waals surface area contributed by atoms with E-state index in [1.807, 2.05) is 6.92 Å². The number of aliphatic hydroxyl groups excluding tert-OH is 1. The number of hydrogen-bond donors (Lipinski definition) is 2. The van der Waals surface area contributed by atoms with Crippen LogP contribution in [0, 0.1) is 5.82 Å². The first-order valence-electron chi connectivity index (χ1n) is 6.06. The number of rotatable bonds is 3. The van der Waals surface area contributed by atoms with Crippen LogP contribution >= 0.6 is 0 Å². The molecule has 0 aliphatic carbocycles. The van der Waals surface area contributed by atoms with Gasteiger partial charge in [-0.15, -0.1) is 0 Å². The topological polar surface area (TPSA) is 49.5 Å². The van der Waals surface area contributed by atoms with Gasteiger partial charge >= 0.3 is 0 Å². The number of nitrogens with zero attached hydrogens (tertiary/aromatic N) is 1. The van der Waals surface area contributed by atoms with E-state index in [1.54, 1.807) is 6.07 Å². The fourth-order valence-corrected chi connectivity index (χ4v) is 2.49. The van der Waals surface area contributed by atoms with E-state index in [1.165, 1.54) is 12.1 Å². The molecule has 94 valence electrons. The predicted octanol–water partition coefficient (Wildman–Crippen LogP) is 1.81. The molecule has 3 N–H and O–H groups in total. The van der Waals surface area contributed by atoms with Gasteiger partial charge in [0.2, 0.25) is 0 Å². The highest BCUT2D eigenvalue weighted by Crippen LogP contribution is 2.31. The van der Waals surface area contributed by atoms with Gasteiger partial charge in [-0.3, -0.25) is 0 Å². The normalized spacial score (nSPS) is 21.9. The van der Waals surface area contributed by atoms with Crippen LogP contribution < -0.4 is 10.6 Å². The van der Waals surface area contributed by atoms with Crippen LogP contribution in [-0.4, -0.2) is 24.3 Å². The molecule has 0 aromatic heterocycles. The molecule has 1 aliphatic rings. The van der Waals surface area contributed by atoms with Crippen molar-refractivity contribution < 1.29 is 9.50 Å². The molecule has 0 radical (unpaired) electrons. The minimum atomic E-state index is -0.263. The zero-order valence-corrected chi connectivity index (χ0v) is 10.1. The first-order valence-corrected chi connectivity index (χ1v) is 6.06. The quantitative estimate of drug-likeness (QED) is 0.844. The third-order valence-corrected chi connectivity index (χ3v) is 3.38. The molecule has 4 heteroatoms. The molecule has 2 rings (SSSR count). The van der Waals surface area contributed by atoms with Crippen molar-refractivity contribution in [3.05, 3.63) is 29.6 Å². The summed E-state index contributed by atoms with van der Waals surface area (Å²) >= 11 is 0. The summed E-state index contributed by atoms with van der Waals surface area (Å²) in [5.74, 6) is -0.263. The van der Waals surface area contributed by atoms with Gasteiger partial charge < -0.3 is 15.7 Å². The van der Waals surface area contributed by atoms with E-state index in [0.29, 0.717) is 0 Å². The summed E-state index contributed by atoms with van der Waals surface area (Å²) in [5, 5.41) is 9.33. The van der Waals surface area contributed by atoms with Crippen LogP contribution in [0.25, 0.3) is 0 Å². The highest BCUT2D eigenvalue weighted by atomic mass is 19.1. The van der Waals surface area contributed by atoms with Crippen LogP contribution in [0.4, 0.5) is 10.1 Å². The van der Waals surface area contributed by atoms with Crippen LogP contribution in [0.3, 0.4) is 0 Å². The maximum Gasteiger partial charge on any atom is 0.123 e. The SMILES string of the molecule is C[C@H](N)c1cc(F)ccc1N1CCCC1CO. The first-order chi connectivity index (χ1) is 8.13. The van der Waals surface area contributed by atoms with Crippen molar-refractivity contribution in [1.82, 2.24) is 0 Å². The lowest BCUT2D eigenvalue weighted by atomic mass is 10.0. The third-order valence-electron chi connectivity index (χ3n) is 3.38. The minimum Gasteiger partial charge on any atom is -0.394 e. The van der Waals surface area contributed by atoms with Gasteiger partial charge in [0, 0.05) is 18.3 Å². The Morgan fingerprint density at radius 1 is 1.59 bits per heavy atom. The zero-order valence-electron chi connectivity index (χ0n) is 10.1. The van der Waals surface area contributed by atoms with E-state index >= 15 is 0 Å². The van der Waals surface area contributed by atoms with Crippen molar-refractivity contribution in [2.24, 2.45) is 5.73 Å². The average molecular weight is 238 g/mol.